The Hall–Kier alpha value is -3.29. The highest BCUT2D eigenvalue weighted by molar-refractivity contribution is 7.91. The normalized spacial score (nSPS) is 11.2. The molecule has 0 aliphatic heterocycles. The van der Waals surface area contributed by atoms with E-state index in [1.54, 1.807) is 41.7 Å². The van der Waals surface area contributed by atoms with E-state index in [0.29, 0.717) is 5.69 Å². The molecule has 31 heavy (non-hydrogen) atoms. The van der Waals surface area contributed by atoms with Crippen LogP contribution in [0.4, 0.5) is 5.69 Å². The summed E-state index contributed by atoms with van der Waals surface area (Å²) >= 11 is 1.58. The number of nitrogens with one attached hydrogen (secondary N) is 1. The molecule has 1 N–H and O–H groups in total. The zero-order valence-corrected chi connectivity index (χ0v) is 18.2. The summed E-state index contributed by atoms with van der Waals surface area (Å²) in [4.78, 5) is 17.1. The first kappa shape index (κ1) is 21.0. The summed E-state index contributed by atoms with van der Waals surface area (Å²) in [6.07, 6.45) is -0.106. The van der Waals surface area contributed by atoms with E-state index in [-0.39, 0.29) is 23.0 Å². The highest BCUT2D eigenvalue weighted by Crippen LogP contribution is 2.29. The Morgan fingerprint density at radius 2 is 1.48 bits per heavy atom. The summed E-state index contributed by atoms with van der Waals surface area (Å²) in [5.41, 5.74) is 3.51. The molecule has 0 unspecified atom stereocenters. The predicted octanol–water partition coefficient (Wildman–Crippen LogP) is 5.28. The summed E-state index contributed by atoms with van der Waals surface area (Å²) in [7, 11) is -3.48. The van der Waals surface area contributed by atoms with Crippen molar-refractivity contribution in [3.63, 3.8) is 0 Å². The monoisotopic (exact) mass is 448 g/mol. The third-order valence-electron chi connectivity index (χ3n) is 4.69. The Morgan fingerprint density at radius 1 is 0.839 bits per heavy atom. The van der Waals surface area contributed by atoms with Crippen molar-refractivity contribution >= 4 is 32.8 Å². The molecular weight excluding hydrogens is 428 g/mol. The molecular formula is C24H20N2O3S2. The van der Waals surface area contributed by atoms with Crippen molar-refractivity contribution in [2.75, 3.05) is 11.1 Å². The largest absolute Gasteiger partial charge is 0.326 e. The molecule has 1 aromatic heterocycles. The Kier molecular flexibility index (Phi) is 6.25. The number of amides is 1. The van der Waals surface area contributed by atoms with Crippen LogP contribution in [0.5, 0.6) is 0 Å². The van der Waals surface area contributed by atoms with E-state index >= 15 is 0 Å². The van der Waals surface area contributed by atoms with Crippen LogP contribution < -0.4 is 5.32 Å². The maximum Gasteiger partial charge on any atom is 0.225 e. The summed E-state index contributed by atoms with van der Waals surface area (Å²) in [5.74, 6) is -0.575. The summed E-state index contributed by atoms with van der Waals surface area (Å²) in [6.45, 7) is 0. The molecule has 1 amide bonds. The fourth-order valence-electron chi connectivity index (χ4n) is 3.04. The molecule has 1 heterocycles. The highest BCUT2D eigenvalue weighted by Gasteiger charge is 2.16. The van der Waals surface area contributed by atoms with Crippen molar-refractivity contribution < 1.29 is 13.2 Å². The van der Waals surface area contributed by atoms with Crippen molar-refractivity contribution in [1.29, 1.82) is 0 Å². The van der Waals surface area contributed by atoms with Crippen molar-refractivity contribution in [1.82, 2.24) is 4.98 Å². The Balaban J connectivity index is 1.37. The van der Waals surface area contributed by atoms with Crippen LogP contribution in [0.15, 0.2) is 95.2 Å². The zero-order chi connectivity index (χ0) is 21.7. The van der Waals surface area contributed by atoms with Crippen LogP contribution in [-0.2, 0) is 14.6 Å². The van der Waals surface area contributed by atoms with Gasteiger partial charge in [-0.25, -0.2) is 13.4 Å². The highest BCUT2D eigenvalue weighted by atomic mass is 32.2. The maximum atomic E-state index is 12.3. The molecule has 0 bridgehead atoms. The van der Waals surface area contributed by atoms with Crippen molar-refractivity contribution in [2.24, 2.45) is 0 Å². The van der Waals surface area contributed by atoms with Gasteiger partial charge in [0.15, 0.2) is 9.84 Å². The SMILES string of the molecule is O=C(CCS(=O)(=O)c1ccccc1)Nc1ccc(-c2csc(-c3ccccc3)n2)cc1. The van der Waals surface area contributed by atoms with Crippen LogP contribution in [0.25, 0.3) is 21.8 Å². The van der Waals surface area contributed by atoms with Gasteiger partial charge in [-0.1, -0.05) is 60.7 Å². The Labute approximate surface area is 185 Å². The number of benzene rings is 3. The molecule has 5 nitrogen and oxygen atoms in total. The van der Waals surface area contributed by atoms with Crippen molar-refractivity contribution in [3.05, 3.63) is 90.3 Å². The molecule has 0 radical (unpaired) electrons. The first-order chi connectivity index (χ1) is 15.0. The van der Waals surface area contributed by atoms with Crippen molar-refractivity contribution in [2.45, 2.75) is 11.3 Å². The number of hydrogen-bond acceptors (Lipinski definition) is 5. The summed E-state index contributed by atoms with van der Waals surface area (Å²) in [6, 6.07) is 25.5. The van der Waals surface area contributed by atoms with E-state index < -0.39 is 9.84 Å². The molecule has 4 rings (SSSR count). The number of nitrogens with zero attached hydrogens (tertiary/aromatic N) is 1. The minimum absolute atomic E-state index is 0.106. The second kappa shape index (κ2) is 9.24. The molecule has 4 aromatic rings. The molecule has 0 atom stereocenters. The first-order valence-electron chi connectivity index (χ1n) is 9.70. The van der Waals surface area contributed by atoms with Gasteiger partial charge in [-0.05, 0) is 24.3 Å². The molecule has 0 saturated carbocycles. The number of carbonyl (C=O) groups is 1. The number of carbonyl (C=O) groups excluding carboxylic acids is 1. The van der Waals surface area contributed by atoms with Gasteiger partial charge in [0.05, 0.1) is 16.3 Å². The fourth-order valence-corrected chi connectivity index (χ4v) is 5.14. The van der Waals surface area contributed by atoms with E-state index in [4.69, 9.17) is 4.98 Å². The van der Waals surface area contributed by atoms with Gasteiger partial charge in [0.25, 0.3) is 0 Å². The lowest BCUT2D eigenvalue weighted by Crippen LogP contribution is -2.17. The van der Waals surface area contributed by atoms with E-state index in [0.717, 1.165) is 21.8 Å². The average Bonchev–Trinajstić information content (AvgIpc) is 3.30. The zero-order valence-electron chi connectivity index (χ0n) is 16.6. The van der Waals surface area contributed by atoms with Gasteiger partial charge in [0, 0.05) is 28.6 Å². The van der Waals surface area contributed by atoms with Crippen molar-refractivity contribution in [3.8, 4) is 21.8 Å². The lowest BCUT2D eigenvalue weighted by Gasteiger charge is -2.07. The van der Waals surface area contributed by atoms with Crippen LogP contribution in [-0.4, -0.2) is 25.1 Å². The molecule has 156 valence electrons. The molecule has 0 fully saturated rings. The molecule has 3 aromatic carbocycles. The van der Waals surface area contributed by atoms with Crippen LogP contribution in [0.2, 0.25) is 0 Å². The van der Waals surface area contributed by atoms with Gasteiger partial charge in [0.1, 0.15) is 5.01 Å². The Morgan fingerprint density at radius 3 is 2.16 bits per heavy atom. The van der Waals surface area contributed by atoms with Gasteiger partial charge in [-0.2, -0.15) is 0 Å². The van der Waals surface area contributed by atoms with E-state index in [2.05, 4.69) is 5.32 Å². The third-order valence-corrected chi connectivity index (χ3v) is 7.31. The minimum atomic E-state index is -3.48. The van der Waals surface area contributed by atoms with Gasteiger partial charge in [-0.3, -0.25) is 4.79 Å². The quantitative estimate of drug-likeness (QED) is 0.417. The summed E-state index contributed by atoms with van der Waals surface area (Å²) in [5, 5.41) is 5.71. The standard InChI is InChI=1S/C24H20N2O3S2/c27-23(15-16-31(28,29)21-9-5-2-6-10-21)25-20-13-11-18(12-14-20)22-17-30-24(26-22)19-7-3-1-4-8-19/h1-14,17H,15-16H2,(H,25,27). The fraction of sp³-hybridized carbons (Fsp3) is 0.0833. The molecule has 0 saturated heterocycles. The van der Waals surface area contributed by atoms with Crippen LogP contribution >= 0.6 is 11.3 Å². The van der Waals surface area contributed by atoms with Gasteiger partial charge >= 0.3 is 0 Å². The molecule has 7 heteroatoms. The van der Waals surface area contributed by atoms with Gasteiger partial charge in [-0.15, -0.1) is 11.3 Å². The van der Waals surface area contributed by atoms with Gasteiger partial charge < -0.3 is 5.32 Å². The lowest BCUT2D eigenvalue weighted by molar-refractivity contribution is -0.115. The number of rotatable bonds is 7. The second-order valence-corrected chi connectivity index (χ2v) is 9.88. The minimum Gasteiger partial charge on any atom is -0.326 e. The van der Waals surface area contributed by atoms with Crippen LogP contribution in [0, 0.1) is 0 Å². The third kappa shape index (κ3) is 5.25. The summed E-state index contributed by atoms with van der Waals surface area (Å²) < 4.78 is 24.6. The number of hydrogen-bond donors (Lipinski definition) is 1. The number of thiazole rings is 1. The maximum absolute atomic E-state index is 12.3. The number of aromatic nitrogens is 1. The van der Waals surface area contributed by atoms with Crippen LogP contribution in [0.1, 0.15) is 6.42 Å². The van der Waals surface area contributed by atoms with E-state index in [1.807, 2.05) is 47.8 Å². The van der Waals surface area contributed by atoms with E-state index in [9.17, 15) is 13.2 Å². The molecule has 0 aliphatic carbocycles. The van der Waals surface area contributed by atoms with Crippen LogP contribution in [0.3, 0.4) is 0 Å². The lowest BCUT2D eigenvalue weighted by atomic mass is 10.1. The predicted molar refractivity (Wildman–Crippen MR) is 125 cm³/mol. The Bertz CT molecular complexity index is 1270. The van der Waals surface area contributed by atoms with Gasteiger partial charge in [0.2, 0.25) is 5.91 Å². The molecule has 0 spiro atoms. The second-order valence-electron chi connectivity index (χ2n) is 6.91. The van der Waals surface area contributed by atoms with E-state index in [1.165, 1.54) is 12.1 Å². The first-order valence-corrected chi connectivity index (χ1v) is 12.2. The average molecular weight is 449 g/mol. The smallest absolute Gasteiger partial charge is 0.225 e. The number of sulfone groups is 1. The molecule has 0 aliphatic rings. The topological polar surface area (TPSA) is 76.1 Å². The number of anilines is 1.